The molecule has 4 nitrogen and oxygen atoms in total. The molecular weight excluding hydrogens is 378 g/mol. The molecule has 0 spiro atoms. The van der Waals surface area contributed by atoms with Crippen LogP contribution in [-0.4, -0.2) is 42.0 Å². The highest BCUT2D eigenvalue weighted by Crippen LogP contribution is 2.30. The number of hydrogen-bond donors (Lipinski definition) is 0. The fourth-order valence-corrected chi connectivity index (χ4v) is 5.05. The number of carbonyl (C=O) groups excluding carboxylic acids is 1. The largest absolute Gasteiger partial charge is 0.302 e. The number of benzene rings is 2. The summed E-state index contributed by atoms with van der Waals surface area (Å²) in [5.41, 5.74) is 4.49. The molecule has 3 aromatic rings. The average Bonchev–Trinajstić information content (AvgIpc) is 3.20. The zero-order chi connectivity index (χ0) is 20.2. The molecule has 5 heteroatoms. The van der Waals surface area contributed by atoms with Crippen LogP contribution in [0.3, 0.4) is 0 Å². The van der Waals surface area contributed by atoms with Gasteiger partial charge < -0.3 is 4.90 Å². The highest BCUT2D eigenvalue weighted by atomic mass is 32.1. The second-order valence-corrected chi connectivity index (χ2v) is 8.65. The molecule has 1 amide bonds. The van der Waals surface area contributed by atoms with Gasteiger partial charge in [0.05, 0.1) is 10.2 Å². The van der Waals surface area contributed by atoms with E-state index in [1.165, 1.54) is 24.0 Å². The fraction of sp³-hybridized carbons (Fsp3) is 0.417. The minimum Gasteiger partial charge on any atom is -0.302 e. The van der Waals surface area contributed by atoms with Gasteiger partial charge in [-0.2, -0.15) is 0 Å². The molecule has 0 atom stereocenters. The van der Waals surface area contributed by atoms with E-state index in [-0.39, 0.29) is 5.91 Å². The molecule has 0 radical (unpaired) electrons. The Morgan fingerprint density at radius 2 is 1.76 bits per heavy atom. The topological polar surface area (TPSA) is 36.4 Å². The molecule has 1 aliphatic carbocycles. The summed E-state index contributed by atoms with van der Waals surface area (Å²) in [5.74, 6) is 0.0598. The van der Waals surface area contributed by atoms with Gasteiger partial charge in [0.1, 0.15) is 0 Å². The third kappa shape index (κ3) is 4.36. The first kappa shape index (κ1) is 20.0. The first-order chi connectivity index (χ1) is 14.2. The quantitative estimate of drug-likeness (QED) is 0.542. The lowest BCUT2D eigenvalue weighted by atomic mass is 9.90. The van der Waals surface area contributed by atoms with Crippen molar-refractivity contribution in [2.45, 2.75) is 39.5 Å². The average molecular weight is 408 g/mol. The van der Waals surface area contributed by atoms with Gasteiger partial charge in [0.25, 0.3) is 5.91 Å². The lowest BCUT2D eigenvalue weighted by Gasteiger charge is -2.25. The second-order valence-electron chi connectivity index (χ2n) is 7.64. The zero-order valence-electron chi connectivity index (χ0n) is 17.4. The standard InChI is InChI=1S/C24H29N3OS/c1-3-26(4-2)15-16-27(24-25-21-11-7-8-12-22(21)29-24)23(28)20-14-13-18-9-5-6-10-19(18)17-20/h7-8,11-14,17H,3-6,9-10,15-16H2,1-2H3. The number of likely N-dealkylation sites (N-methyl/N-ethyl adjacent to an activating group) is 1. The van der Waals surface area contributed by atoms with Crippen molar-refractivity contribution in [3.05, 3.63) is 59.2 Å². The molecule has 1 heterocycles. The first-order valence-corrected chi connectivity index (χ1v) is 11.5. The number of thiazole rings is 1. The van der Waals surface area contributed by atoms with E-state index in [1.807, 2.05) is 29.2 Å². The van der Waals surface area contributed by atoms with Crippen molar-refractivity contribution < 1.29 is 4.79 Å². The van der Waals surface area contributed by atoms with Crippen LogP contribution in [0.1, 0.15) is 48.2 Å². The van der Waals surface area contributed by atoms with Crippen LogP contribution in [0.2, 0.25) is 0 Å². The van der Waals surface area contributed by atoms with Gasteiger partial charge in [-0.05, 0) is 74.2 Å². The van der Waals surface area contributed by atoms with Crippen molar-refractivity contribution in [1.29, 1.82) is 0 Å². The Hall–Kier alpha value is -2.24. The molecule has 0 fully saturated rings. The number of nitrogens with zero attached hydrogens (tertiary/aromatic N) is 3. The number of anilines is 1. The number of rotatable bonds is 7. The Morgan fingerprint density at radius 3 is 2.52 bits per heavy atom. The Bertz CT molecular complexity index is 960. The van der Waals surface area contributed by atoms with Gasteiger partial charge in [0, 0.05) is 18.7 Å². The molecule has 0 aliphatic heterocycles. The summed E-state index contributed by atoms with van der Waals surface area (Å²) in [5, 5.41) is 0.793. The second kappa shape index (κ2) is 9.06. The Labute approximate surface area is 177 Å². The SMILES string of the molecule is CCN(CC)CCN(C(=O)c1ccc2c(c1)CCCC2)c1nc2ccccc2s1. The van der Waals surface area contributed by atoms with Crippen LogP contribution < -0.4 is 4.90 Å². The van der Waals surface area contributed by atoms with Crippen molar-refractivity contribution in [3.63, 3.8) is 0 Å². The monoisotopic (exact) mass is 407 g/mol. The zero-order valence-corrected chi connectivity index (χ0v) is 18.2. The van der Waals surface area contributed by atoms with Crippen molar-refractivity contribution in [1.82, 2.24) is 9.88 Å². The van der Waals surface area contributed by atoms with E-state index in [0.29, 0.717) is 6.54 Å². The van der Waals surface area contributed by atoms with E-state index < -0.39 is 0 Å². The predicted molar refractivity (Wildman–Crippen MR) is 122 cm³/mol. The molecule has 0 bridgehead atoms. The molecule has 4 rings (SSSR count). The summed E-state index contributed by atoms with van der Waals surface area (Å²) in [7, 11) is 0. The Morgan fingerprint density at radius 1 is 1.00 bits per heavy atom. The number of aromatic nitrogens is 1. The maximum absolute atomic E-state index is 13.6. The van der Waals surface area contributed by atoms with Gasteiger partial charge in [-0.1, -0.05) is 43.4 Å². The lowest BCUT2D eigenvalue weighted by Crippen LogP contribution is -2.39. The highest BCUT2D eigenvalue weighted by molar-refractivity contribution is 7.22. The lowest BCUT2D eigenvalue weighted by molar-refractivity contribution is 0.0983. The molecule has 0 N–H and O–H groups in total. The van der Waals surface area contributed by atoms with Gasteiger partial charge in [-0.15, -0.1) is 0 Å². The van der Waals surface area contributed by atoms with Crippen LogP contribution in [0.15, 0.2) is 42.5 Å². The van der Waals surface area contributed by atoms with Crippen molar-refractivity contribution in [2.24, 2.45) is 0 Å². The maximum atomic E-state index is 13.6. The number of amides is 1. The van der Waals surface area contributed by atoms with E-state index >= 15 is 0 Å². The van der Waals surface area contributed by atoms with E-state index in [9.17, 15) is 4.79 Å². The van der Waals surface area contributed by atoms with Crippen LogP contribution in [-0.2, 0) is 12.8 Å². The Kier molecular flexibility index (Phi) is 6.26. The normalized spacial score (nSPS) is 13.6. The van der Waals surface area contributed by atoms with Crippen LogP contribution in [0.4, 0.5) is 5.13 Å². The van der Waals surface area contributed by atoms with Crippen LogP contribution >= 0.6 is 11.3 Å². The van der Waals surface area contributed by atoms with Gasteiger partial charge in [0.2, 0.25) is 0 Å². The number of para-hydroxylation sites is 1. The minimum absolute atomic E-state index is 0.0598. The van der Waals surface area contributed by atoms with Crippen LogP contribution in [0, 0.1) is 0 Å². The highest BCUT2D eigenvalue weighted by Gasteiger charge is 2.23. The minimum atomic E-state index is 0.0598. The summed E-state index contributed by atoms with van der Waals surface area (Å²) >= 11 is 1.60. The predicted octanol–water partition coefficient (Wildman–Crippen LogP) is 5.16. The summed E-state index contributed by atoms with van der Waals surface area (Å²) < 4.78 is 1.12. The molecule has 1 aromatic heterocycles. The van der Waals surface area contributed by atoms with E-state index in [4.69, 9.17) is 4.98 Å². The molecule has 2 aromatic carbocycles. The van der Waals surface area contributed by atoms with Gasteiger partial charge in [0.15, 0.2) is 5.13 Å². The summed E-state index contributed by atoms with van der Waals surface area (Å²) in [6.07, 6.45) is 4.68. The first-order valence-electron chi connectivity index (χ1n) is 10.7. The summed E-state index contributed by atoms with van der Waals surface area (Å²) in [6, 6.07) is 14.4. The van der Waals surface area contributed by atoms with E-state index in [0.717, 1.165) is 53.4 Å². The Balaban J connectivity index is 1.66. The van der Waals surface area contributed by atoms with Gasteiger partial charge >= 0.3 is 0 Å². The van der Waals surface area contributed by atoms with Crippen molar-refractivity contribution in [3.8, 4) is 0 Å². The van der Waals surface area contributed by atoms with E-state index in [1.54, 1.807) is 11.3 Å². The summed E-state index contributed by atoms with van der Waals surface area (Å²) in [4.78, 5) is 22.6. The molecule has 0 saturated heterocycles. The molecule has 29 heavy (non-hydrogen) atoms. The van der Waals surface area contributed by atoms with Crippen LogP contribution in [0.5, 0.6) is 0 Å². The van der Waals surface area contributed by atoms with Crippen LogP contribution in [0.25, 0.3) is 10.2 Å². The number of fused-ring (bicyclic) bond motifs is 2. The van der Waals surface area contributed by atoms with Gasteiger partial charge in [-0.25, -0.2) is 4.98 Å². The number of hydrogen-bond acceptors (Lipinski definition) is 4. The van der Waals surface area contributed by atoms with E-state index in [2.05, 4.69) is 36.9 Å². The molecule has 1 aliphatic rings. The maximum Gasteiger partial charge on any atom is 0.260 e. The smallest absolute Gasteiger partial charge is 0.260 e. The number of aryl methyl sites for hydroxylation is 2. The van der Waals surface area contributed by atoms with Crippen molar-refractivity contribution in [2.75, 3.05) is 31.1 Å². The molecule has 0 saturated carbocycles. The molecular formula is C24H29N3OS. The van der Waals surface area contributed by atoms with Gasteiger partial charge in [-0.3, -0.25) is 9.69 Å². The number of carbonyl (C=O) groups is 1. The third-order valence-electron chi connectivity index (χ3n) is 5.89. The molecule has 0 unspecified atom stereocenters. The fourth-order valence-electron chi connectivity index (χ4n) is 4.06. The summed E-state index contributed by atoms with van der Waals surface area (Å²) in [6.45, 7) is 7.79. The van der Waals surface area contributed by atoms with Crippen molar-refractivity contribution >= 4 is 32.6 Å². The molecule has 152 valence electrons. The third-order valence-corrected chi connectivity index (χ3v) is 6.95.